The van der Waals surface area contributed by atoms with Gasteiger partial charge in [0.05, 0.1) is 5.92 Å². The molecular weight excluding hydrogens is 258 g/mol. The van der Waals surface area contributed by atoms with Crippen molar-refractivity contribution in [1.29, 1.82) is 0 Å². The molecule has 0 spiro atoms. The highest BCUT2D eigenvalue weighted by Gasteiger charge is 2.36. The smallest absolute Gasteiger partial charge is 0.231 e. The highest BCUT2D eigenvalue weighted by Crippen LogP contribution is 2.32. The summed E-state index contributed by atoms with van der Waals surface area (Å²) in [5.41, 5.74) is 0. The Labute approximate surface area is 117 Å². The summed E-state index contributed by atoms with van der Waals surface area (Å²) in [4.78, 5) is 30.1. The van der Waals surface area contributed by atoms with Crippen LogP contribution in [0.2, 0.25) is 0 Å². The predicted molar refractivity (Wildman–Crippen MR) is 71.7 cm³/mol. The maximum absolute atomic E-state index is 12.2. The fourth-order valence-corrected chi connectivity index (χ4v) is 2.60. The highest BCUT2D eigenvalue weighted by molar-refractivity contribution is 5.91. The lowest BCUT2D eigenvalue weighted by Gasteiger charge is -2.32. The van der Waals surface area contributed by atoms with Gasteiger partial charge < -0.3 is 4.90 Å². The molecular formula is C13H19N5O2. The maximum Gasteiger partial charge on any atom is 0.231 e. The van der Waals surface area contributed by atoms with Crippen LogP contribution in [0.4, 0.5) is 5.95 Å². The predicted octanol–water partition coefficient (Wildman–Crippen LogP) is 0.402. The molecule has 1 aliphatic carbocycles. The van der Waals surface area contributed by atoms with Crippen molar-refractivity contribution in [3.05, 3.63) is 6.33 Å². The van der Waals surface area contributed by atoms with Crippen LogP contribution in [0.1, 0.15) is 25.7 Å². The van der Waals surface area contributed by atoms with Gasteiger partial charge in [0.25, 0.3) is 0 Å². The molecule has 7 nitrogen and oxygen atoms in total. The first-order valence-electron chi connectivity index (χ1n) is 7.09. The molecule has 20 heavy (non-hydrogen) atoms. The molecule has 2 amide bonds. The highest BCUT2D eigenvalue weighted by atomic mass is 16.2. The Morgan fingerprint density at radius 1 is 1.30 bits per heavy atom. The van der Waals surface area contributed by atoms with Crippen LogP contribution in [-0.2, 0) is 16.6 Å². The fraction of sp³-hybridized carbons (Fsp3) is 0.692. The van der Waals surface area contributed by atoms with Crippen LogP contribution in [0.3, 0.4) is 0 Å². The Bertz CT molecular complexity index is 523. The van der Waals surface area contributed by atoms with E-state index in [4.69, 9.17) is 0 Å². The molecule has 0 radical (unpaired) electrons. The normalized spacial score (nSPS) is 22.6. The topological polar surface area (TPSA) is 80.1 Å². The molecule has 1 saturated carbocycles. The van der Waals surface area contributed by atoms with Crippen LogP contribution in [0.15, 0.2) is 6.33 Å². The van der Waals surface area contributed by atoms with E-state index in [2.05, 4.69) is 15.4 Å². The Morgan fingerprint density at radius 3 is 2.75 bits per heavy atom. The molecule has 1 aliphatic heterocycles. The number of anilines is 1. The number of nitrogens with zero attached hydrogens (tertiary/aromatic N) is 4. The van der Waals surface area contributed by atoms with E-state index in [-0.39, 0.29) is 23.7 Å². The van der Waals surface area contributed by atoms with E-state index in [9.17, 15) is 9.59 Å². The zero-order valence-corrected chi connectivity index (χ0v) is 11.6. The van der Waals surface area contributed by atoms with Crippen LogP contribution in [0.5, 0.6) is 0 Å². The molecule has 0 bridgehead atoms. The van der Waals surface area contributed by atoms with Crippen molar-refractivity contribution < 1.29 is 9.59 Å². The average Bonchev–Trinajstić information content (AvgIpc) is 3.23. The number of amides is 2. The standard InChI is InChI=1S/C13H19N5O2/c1-17-13(14-8-15-17)16-11(19)10-3-2-6-18(7-10)12(20)9-4-5-9/h8-10H,2-7H2,1H3,(H,14,15,16,19). The lowest BCUT2D eigenvalue weighted by molar-refractivity contribution is -0.135. The van der Waals surface area contributed by atoms with Crippen molar-refractivity contribution in [2.24, 2.45) is 18.9 Å². The molecule has 1 N–H and O–H groups in total. The summed E-state index contributed by atoms with van der Waals surface area (Å²) in [5.74, 6) is 0.662. The van der Waals surface area contributed by atoms with E-state index in [1.165, 1.54) is 11.0 Å². The van der Waals surface area contributed by atoms with Gasteiger partial charge in [-0.15, -0.1) is 0 Å². The average molecular weight is 277 g/mol. The first kappa shape index (κ1) is 13.1. The van der Waals surface area contributed by atoms with Gasteiger partial charge in [-0.25, -0.2) is 4.68 Å². The first-order valence-corrected chi connectivity index (χ1v) is 7.09. The number of aromatic nitrogens is 3. The van der Waals surface area contributed by atoms with Crippen LogP contribution in [-0.4, -0.2) is 44.6 Å². The Kier molecular flexibility index (Phi) is 3.42. The number of hydrogen-bond donors (Lipinski definition) is 1. The number of hydrogen-bond acceptors (Lipinski definition) is 4. The Hall–Kier alpha value is -1.92. The summed E-state index contributed by atoms with van der Waals surface area (Å²) < 4.78 is 1.52. The molecule has 2 aliphatic rings. The van der Waals surface area contributed by atoms with E-state index in [1.54, 1.807) is 7.05 Å². The number of carbonyl (C=O) groups is 2. The second-order valence-electron chi connectivity index (χ2n) is 5.59. The summed E-state index contributed by atoms with van der Waals surface area (Å²) in [5, 5.41) is 6.69. The van der Waals surface area contributed by atoms with Crippen molar-refractivity contribution in [1.82, 2.24) is 19.7 Å². The number of rotatable bonds is 3. The zero-order valence-electron chi connectivity index (χ0n) is 11.6. The largest absolute Gasteiger partial charge is 0.342 e. The minimum atomic E-state index is -0.150. The third kappa shape index (κ3) is 2.66. The molecule has 2 heterocycles. The minimum Gasteiger partial charge on any atom is -0.342 e. The minimum absolute atomic E-state index is 0.0746. The van der Waals surface area contributed by atoms with Gasteiger partial charge in [0, 0.05) is 26.1 Å². The number of aryl methyl sites for hydroxylation is 1. The summed E-state index contributed by atoms with van der Waals surface area (Å²) in [6.45, 7) is 1.31. The van der Waals surface area contributed by atoms with Gasteiger partial charge in [-0.1, -0.05) is 0 Å². The van der Waals surface area contributed by atoms with Crippen molar-refractivity contribution in [2.45, 2.75) is 25.7 Å². The molecule has 108 valence electrons. The van der Waals surface area contributed by atoms with Gasteiger partial charge in [-0.2, -0.15) is 10.1 Å². The van der Waals surface area contributed by atoms with Gasteiger partial charge in [0.2, 0.25) is 17.8 Å². The van der Waals surface area contributed by atoms with Crippen LogP contribution < -0.4 is 5.32 Å². The van der Waals surface area contributed by atoms with Crippen LogP contribution in [0.25, 0.3) is 0 Å². The van der Waals surface area contributed by atoms with Crippen molar-refractivity contribution >= 4 is 17.8 Å². The molecule has 1 aromatic rings. The molecule has 7 heteroatoms. The summed E-state index contributed by atoms with van der Waals surface area (Å²) >= 11 is 0. The number of piperidine rings is 1. The van der Waals surface area contributed by atoms with Crippen molar-refractivity contribution in [3.8, 4) is 0 Å². The number of carbonyl (C=O) groups excluding carboxylic acids is 2. The Morgan fingerprint density at radius 2 is 2.10 bits per heavy atom. The van der Waals surface area contributed by atoms with E-state index in [0.29, 0.717) is 12.5 Å². The molecule has 1 unspecified atom stereocenters. The fourth-order valence-electron chi connectivity index (χ4n) is 2.60. The van der Waals surface area contributed by atoms with Crippen molar-refractivity contribution in [2.75, 3.05) is 18.4 Å². The maximum atomic E-state index is 12.2. The molecule has 2 fully saturated rings. The molecule has 3 rings (SSSR count). The van der Waals surface area contributed by atoms with E-state index < -0.39 is 0 Å². The van der Waals surface area contributed by atoms with E-state index in [1.807, 2.05) is 4.90 Å². The number of likely N-dealkylation sites (tertiary alicyclic amines) is 1. The molecule has 0 aromatic carbocycles. The summed E-state index contributed by atoms with van der Waals surface area (Å²) in [6.07, 6.45) is 5.11. The monoisotopic (exact) mass is 277 g/mol. The molecule has 1 atom stereocenters. The van der Waals surface area contributed by atoms with Gasteiger partial charge in [-0.05, 0) is 25.7 Å². The van der Waals surface area contributed by atoms with Gasteiger partial charge in [0.1, 0.15) is 6.33 Å². The van der Waals surface area contributed by atoms with Gasteiger partial charge >= 0.3 is 0 Å². The second kappa shape index (κ2) is 5.22. The summed E-state index contributed by atoms with van der Waals surface area (Å²) in [6, 6.07) is 0. The van der Waals surface area contributed by atoms with Crippen molar-refractivity contribution in [3.63, 3.8) is 0 Å². The zero-order chi connectivity index (χ0) is 14.1. The lowest BCUT2D eigenvalue weighted by Crippen LogP contribution is -2.44. The van der Waals surface area contributed by atoms with E-state index in [0.717, 1.165) is 32.2 Å². The third-order valence-electron chi connectivity index (χ3n) is 3.98. The van der Waals surface area contributed by atoms with Gasteiger partial charge in [-0.3, -0.25) is 14.9 Å². The first-order chi connectivity index (χ1) is 9.65. The molecule has 1 aromatic heterocycles. The second-order valence-corrected chi connectivity index (χ2v) is 5.59. The van der Waals surface area contributed by atoms with Crippen LogP contribution >= 0.6 is 0 Å². The SMILES string of the molecule is Cn1ncnc1NC(=O)C1CCCN(C(=O)C2CC2)C1. The van der Waals surface area contributed by atoms with E-state index >= 15 is 0 Å². The third-order valence-corrected chi connectivity index (χ3v) is 3.98. The molecule has 1 saturated heterocycles. The summed E-state index contributed by atoms with van der Waals surface area (Å²) in [7, 11) is 1.73. The van der Waals surface area contributed by atoms with Crippen LogP contribution in [0, 0.1) is 11.8 Å². The number of nitrogens with one attached hydrogen (secondary N) is 1. The lowest BCUT2D eigenvalue weighted by atomic mass is 9.97. The Balaban J connectivity index is 1.60. The quantitative estimate of drug-likeness (QED) is 0.867. The van der Waals surface area contributed by atoms with Gasteiger partial charge in [0.15, 0.2) is 0 Å².